The second-order valence-corrected chi connectivity index (χ2v) is 8.90. The summed E-state index contributed by atoms with van der Waals surface area (Å²) in [6.07, 6.45) is 6.48. The summed E-state index contributed by atoms with van der Waals surface area (Å²) in [4.78, 5) is 29.7. The Balaban J connectivity index is 1.36. The summed E-state index contributed by atoms with van der Waals surface area (Å²) in [5.41, 5.74) is 1.11. The third kappa shape index (κ3) is 3.69. The molecular weight excluding hydrogens is 352 g/mol. The summed E-state index contributed by atoms with van der Waals surface area (Å²) >= 11 is 0. The summed E-state index contributed by atoms with van der Waals surface area (Å²) in [5.74, 6) is 0.596. The Kier molecular flexibility index (Phi) is 5.46. The molecule has 1 aliphatic carbocycles. The number of rotatable bonds is 6. The second kappa shape index (κ2) is 7.86. The Morgan fingerprint density at radius 3 is 2.43 bits per heavy atom. The van der Waals surface area contributed by atoms with Gasteiger partial charge in [0, 0.05) is 46.3 Å². The number of carbonyl (C=O) groups is 2. The normalized spacial score (nSPS) is 23.1. The fraction of sp³-hybridized carbons (Fsp3) is 0.652. The first-order chi connectivity index (χ1) is 13.6. The number of hydrogen-bond donors (Lipinski definition) is 0. The van der Waals surface area contributed by atoms with Crippen LogP contribution in [0.3, 0.4) is 0 Å². The zero-order valence-corrected chi connectivity index (χ0v) is 17.0. The lowest BCUT2D eigenvalue weighted by molar-refractivity contribution is -0.143. The van der Waals surface area contributed by atoms with Gasteiger partial charge in [0.2, 0.25) is 11.8 Å². The predicted octanol–water partition coefficient (Wildman–Crippen LogP) is 2.99. The van der Waals surface area contributed by atoms with Gasteiger partial charge in [-0.25, -0.2) is 0 Å². The highest BCUT2D eigenvalue weighted by atomic mass is 16.5. The number of piperidine rings is 2. The Morgan fingerprint density at radius 1 is 1.07 bits per heavy atom. The van der Waals surface area contributed by atoms with Gasteiger partial charge < -0.3 is 14.5 Å². The molecule has 2 aliphatic heterocycles. The first-order valence-electron chi connectivity index (χ1n) is 10.7. The molecule has 0 radical (unpaired) electrons. The lowest BCUT2D eigenvalue weighted by atomic mass is 9.72. The molecule has 0 aromatic heterocycles. The Morgan fingerprint density at radius 2 is 1.79 bits per heavy atom. The fourth-order valence-electron chi connectivity index (χ4n) is 5.11. The van der Waals surface area contributed by atoms with Crippen LogP contribution < -0.4 is 0 Å². The third-order valence-corrected chi connectivity index (χ3v) is 7.12. The van der Waals surface area contributed by atoms with Gasteiger partial charge in [0.1, 0.15) is 0 Å². The standard InChI is InChI=1S/C23H32N2O3/c1-28-17-5-14-25-18-22(9-8-20(25)26)12-15-24(16-13-22)21(27)23(10-11-23)19-6-3-2-4-7-19/h2-4,6-7H,5,8-18H2,1H3. The van der Waals surface area contributed by atoms with E-state index in [1.54, 1.807) is 7.11 Å². The molecule has 0 atom stereocenters. The molecule has 3 fully saturated rings. The summed E-state index contributed by atoms with van der Waals surface area (Å²) in [5, 5.41) is 0. The van der Waals surface area contributed by atoms with Crippen molar-refractivity contribution < 1.29 is 14.3 Å². The van der Waals surface area contributed by atoms with E-state index in [1.807, 2.05) is 23.1 Å². The number of methoxy groups -OCH3 is 1. The Labute approximate surface area is 168 Å². The first kappa shape index (κ1) is 19.4. The van der Waals surface area contributed by atoms with Crippen LogP contribution in [0.2, 0.25) is 0 Å². The number of benzene rings is 1. The molecule has 5 nitrogen and oxygen atoms in total. The molecule has 5 heteroatoms. The van der Waals surface area contributed by atoms with Crippen molar-refractivity contribution >= 4 is 11.8 Å². The van der Waals surface area contributed by atoms with Crippen molar-refractivity contribution in [2.45, 2.75) is 50.4 Å². The SMILES string of the molecule is COCCCN1CC2(CCC1=O)CCN(C(=O)C1(c3ccccc3)CC1)CC2. The maximum Gasteiger partial charge on any atom is 0.233 e. The van der Waals surface area contributed by atoms with E-state index >= 15 is 0 Å². The molecule has 2 saturated heterocycles. The van der Waals surface area contributed by atoms with Gasteiger partial charge in [-0.3, -0.25) is 9.59 Å². The average molecular weight is 385 g/mol. The van der Waals surface area contributed by atoms with Crippen molar-refractivity contribution in [2.24, 2.45) is 5.41 Å². The molecular formula is C23H32N2O3. The van der Waals surface area contributed by atoms with Gasteiger partial charge >= 0.3 is 0 Å². The van der Waals surface area contributed by atoms with Crippen LogP contribution in [0.25, 0.3) is 0 Å². The zero-order valence-electron chi connectivity index (χ0n) is 17.0. The minimum Gasteiger partial charge on any atom is -0.385 e. The van der Waals surface area contributed by atoms with Gasteiger partial charge in [-0.2, -0.15) is 0 Å². The van der Waals surface area contributed by atoms with E-state index in [4.69, 9.17) is 4.74 Å². The lowest BCUT2D eigenvalue weighted by Gasteiger charge is -2.48. The zero-order chi connectivity index (χ0) is 19.6. The molecule has 1 spiro atoms. The van der Waals surface area contributed by atoms with Gasteiger partial charge in [0.15, 0.2) is 0 Å². The van der Waals surface area contributed by atoms with E-state index in [0.717, 1.165) is 64.7 Å². The number of nitrogens with zero attached hydrogens (tertiary/aromatic N) is 2. The van der Waals surface area contributed by atoms with Crippen LogP contribution in [0.15, 0.2) is 30.3 Å². The smallest absolute Gasteiger partial charge is 0.233 e. The largest absolute Gasteiger partial charge is 0.385 e. The molecule has 1 aromatic carbocycles. The fourth-order valence-corrected chi connectivity index (χ4v) is 5.11. The Hall–Kier alpha value is -1.88. The quantitative estimate of drug-likeness (QED) is 0.709. The molecule has 1 aromatic rings. The highest BCUT2D eigenvalue weighted by Gasteiger charge is 2.54. The second-order valence-electron chi connectivity index (χ2n) is 8.90. The molecule has 0 bridgehead atoms. The number of ether oxygens (including phenoxy) is 1. The van der Waals surface area contributed by atoms with Crippen molar-refractivity contribution in [2.75, 3.05) is 39.9 Å². The van der Waals surface area contributed by atoms with E-state index < -0.39 is 0 Å². The summed E-state index contributed by atoms with van der Waals surface area (Å²) in [6.45, 7) is 3.98. The number of likely N-dealkylation sites (tertiary alicyclic amines) is 2. The molecule has 152 valence electrons. The maximum absolute atomic E-state index is 13.3. The van der Waals surface area contributed by atoms with Crippen LogP contribution in [-0.4, -0.2) is 61.5 Å². The molecule has 1 saturated carbocycles. The third-order valence-electron chi connectivity index (χ3n) is 7.12. The number of hydrogen-bond acceptors (Lipinski definition) is 3. The van der Waals surface area contributed by atoms with Crippen LogP contribution in [0.4, 0.5) is 0 Å². The minimum atomic E-state index is -0.263. The molecule has 28 heavy (non-hydrogen) atoms. The first-order valence-corrected chi connectivity index (χ1v) is 10.7. The van der Waals surface area contributed by atoms with Gasteiger partial charge in [-0.1, -0.05) is 30.3 Å². The topological polar surface area (TPSA) is 49.9 Å². The van der Waals surface area contributed by atoms with E-state index in [0.29, 0.717) is 18.9 Å². The molecule has 0 N–H and O–H groups in total. The minimum absolute atomic E-state index is 0.196. The van der Waals surface area contributed by atoms with Crippen molar-refractivity contribution in [3.05, 3.63) is 35.9 Å². The van der Waals surface area contributed by atoms with E-state index in [2.05, 4.69) is 17.0 Å². The maximum atomic E-state index is 13.3. The summed E-state index contributed by atoms with van der Waals surface area (Å²) in [7, 11) is 1.70. The predicted molar refractivity (Wildman–Crippen MR) is 108 cm³/mol. The Bertz CT molecular complexity index is 706. The van der Waals surface area contributed by atoms with E-state index in [-0.39, 0.29) is 16.7 Å². The van der Waals surface area contributed by atoms with Gasteiger partial charge in [0.25, 0.3) is 0 Å². The van der Waals surface area contributed by atoms with Crippen LogP contribution >= 0.6 is 0 Å². The van der Waals surface area contributed by atoms with Crippen LogP contribution in [0.1, 0.15) is 50.5 Å². The van der Waals surface area contributed by atoms with Gasteiger partial charge in [-0.15, -0.1) is 0 Å². The summed E-state index contributed by atoms with van der Waals surface area (Å²) in [6, 6.07) is 10.3. The van der Waals surface area contributed by atoms with Crippen molar-refractivity contribution in [1.29, 1.82) is 0 Å². The average Bonchev–Trinajstić information content (AvgIpc) is 3.54. The van der Waals surface area contributed by atoms with Crippen molar-refractivity contribution in [3.8, 4) is 0 Å². The van der Waals surface area contributed by atoms with Crippen LogP contribution in [0, 0.1) is 5.41 Å². The molecule has 3 aliphatic rings. The van der Waals surface area contributed by atoms with E-state index in [9.17, 15) is 9.59 Å². The molecule has 2 amide bonds. The molecule has 2 heterocycles. The molecule has 4 rings (SSSR count). The van der Waals surface area contributed by atoms with Crippen LogP contribution in [-0.2, 0) is 19.7 Å². The van der Waals surface area contributed by atoms with Crippen molar-refractivity contribution in [1.82, 2.24) is 9.80 Å². The highest BCUT2D eigenvalue weighted by molar-refractivity contribution is 5.91. The monoisotopic (exact) mass is 384 g/mol. The number of carbonyl (C=O) groups excluding carboxylic acids is 2. The highest BCUT2D eigenvalue weighted by Crippen LogP contribution is 2.50. The number of amides is 2. The van der Waals surface area contributed by atoms with E-state index in [1.165, 1.54) is 5.56 Å². The van der Waals surface area contributed by atoms with Crippen LogP contribution in [0.5, 0.6) is 0 Å². The van der Waals surface area contributed by atoms with Crippen molar-refractivity contribution in [3.63, 3.8) is 0 Å². The van der Waals surface area contributed by atoms with Gasteiger partial charge in [0.05, 0.1) is 5.41 Å². The summed E-state index contributed by atoms with van der Waals surface area (Å²) < 4.78 is 5.14. The van der Waals surface area contributed by atoms with Gasteiger partial charge in [-0.05, 0) is 49.5 Å². The lowest BCUT2D eigenvalue weighted by Crippen LogP contribution is -2.53. The molecule has 0 unspecified atom stereocenters.